The van der Waals surface area contributed by atoms with Crippen LogP contribution in [-0.4, -0.2) is 18.0 Å². The molecule has 3 aromatic rings. The number of carbonyl (C=O) groups excluding carboxylic acids is 2. The third-order valence-corrected chi connectivity index (χ3v) is 4.71. The fourth-order valence-electron chi connectivity index (χ4n) is 2.66. The monoisotopic (exact) mass is 493 g/mol. The minimum absolute atomic E-state index is 0.0111. The van der Waals surface area contributed by atoms with Crippen LogP contribution in [0.1, 0.15) is 16.7 Å². The van der Waals surface area contributed by atoms with Crippen molar-refractivity contribution in [2.24, 2.45) is 5.10 Å². The van der Waals surface area contributed by atoms with Gasteiger partial charge in [-0.25, -0.2) is 9.82 Å². The van der Waals surface area contributed by atoms with Crippen LogP contribution in [0.3, 0.4) is 0 Å². The highest BCUT2D eigenvalue weighted by molar-refractivity contribution is 6.39. The second-order valence-corrected chi connectivity index (χ2v) is 7.20. The molecule has 0 aliphatic carbocycles. The summed E-state index contributed by atoms with van der Waals surface area (Å²) in [5.41, 5.74) is 1.84. The molecular weight excluding hydrogens is 478 g/mol. The predicted octanol–water partition coefficient (Wildman–Crippen LogP) is 5.17. The first-order chi connectivity index (χ1) is 16.1. The van der Waals surface area contributed by atoms with Gasteiger partial charge in [-0.3, -0.25) is 9.59 Å². The molecule has 0 spiro atoms. The van der Waals surface area contributed by atoms with E-state index in [4.69, 9.17) is 16.3 Å². The lowest BCUT2D eigenvalue weighted by atomic mass is 10.2. The van der Waals surface area contributed by atoms with Crippen LogP contribution in [0.5, 0.6) is 5.75 Å². The Hall–Kier alpha value is -3.92. The third kappa shape index (κ3) is 6.79. The van der Waals surface area contributed by atoms with Crippen molar-refractivity contribution in [3.8, 4) is 5.75 Å². The molecular formula is C23H16ClF4N3O3. The summed E-state index contributed by atoms with van der Waals surface area (Å²) in [6.07, 6.45) is -3.27. The lowest BCUT2D eigenvalue weighted by Crippen LogP contribution is -2.32. The van der Waals surface area contributed by atoms with Gasteiger partial charge < -0.3 is 10.1 Å². The number of carbonyl (C=O) groups is 2. The maximum Gasteiger partial charge on any atom is 0.416 e. The Morgan fingerprint density at radius 3 is 2.38 bits per heavy atom. The van der Waals surface area contributed by atoms with Crippen molar-refractivity contribution in [3.63, 3.8) is 0 Å². The lowest BCUT2D eigenvalue weighted by Gasteiger charge is -2.09. The van der Waals surface area contributed by atoms with E-state index in [1.807, 2.05) is 5.43 Å². The lowest BCUT2D eigenvalue weighted by molar-refractivity contribution is -0.137. The van der Waals surface area contributed by atoms with E-state index in [2.05, 4.69) is 10.4 Å². The number of anilines is 1. The molecule has 0 fully saturated rings. The summed E-state index contributed by atoms with van der Waals surface area (Å²) in [5.74, 6) is -2.36. The molecule has 34 heavy (non-hydrogen) atoms. The zero-order valence-corrected chi connectivity index (χ0v) is 18.0. The molecule has 0 bridgehead atoms. The zero-order chi connectivity index (χ0) is 24.7. The highest BCUT2D eigenvalue weighted by Crippen LogP contribution is 2.29. The van der Waals surface area contributed by atoms with Crippen molar-refractivity contribution >= 4 is 35.3 Å². The molecule has 0 aliphatic rings. The Bertz CT molecular complexity index is 1190. The first-order valence-corrected chi connectivity index (χ1v) is 9.98. The number of rotatable bonds is 6. The Labute approximate surface area is 196 Å². The molecule has 0 aliphatic heterocycles. The first-order valence-electron chi connectivity index (χ1n) is 9.61. The van der Waals surface area contributed by atoms with E-state index >= 15 is 0 Å². The number of nitrogens with zero attached hydrogens (tertiary/aromatic N) is 1. The van der Waals surface area contributed by atoms with Crippen LogP contribution in [0.4, 0.5) is 23.2 Å². The van der Waals surface area contributed by atoms with E-state index in [1.54, 1.807) is 30.3 Å². The molecule has 0 saturated heterocycles. The van der Waals surface area contributed by atoms with E-state index in [-0.39, 0.29) is 22.9 Å². The number of amides is 2. The second kappa shape index (κ2) is 10.8. The maximum atomic E-state index is 13.8. The summed E-state index contributed by atoms with van der Waals surface area (Å²) in [4.78, 5) is 23.7. The van der Waals surface area contributed by atoms with Crippen LogP contribution < -0.4 is 15.5 Å². The minimum atomic E-state index is -4.51. The van der Waals surface area contributed by atoms with Gasteiger partial charge in [0.05, 0.1) is 16.8 Å². The molecule has 0 unspecified atom stereocenters. The SMILES string of the molecule is O=C(N/N=C/c1cccc(OCc2c(F)cccc2Cl)c1)C(=O)Nc1ccc(C(F)(F)F)cc1. The third-order valence-electron chi connectivity index (χ3n) is 4.36. The Balaban J connectivity index is 1.53. The fourth-order valence-corrected chi connectivity index (χ4v) is 2.87. The number of ether oxygens (including phenoxy) is 1. The van der Waals surface area contributed by atoms with Crippen molar-refractivity contribution in [1.82, 2.24) is 5.43 Å². The van der Waals surface area contributed by atoms with E-state index in [9.17, 15) is 27.2 Å². The van der Waals surface area contributed by atoms with Crippen LogP contribution in [0.15, 0.2) is 71.8 Å². The molecule has 0 atom stereocenters. The molecule has 2 amide bonds. The van der Waals surface area contributed by atoms with Gasteiger partial charge in [-0.2, -0.15) is 18.3 Å². The molecule has 3 aromatic carbocycles. The summed E-state index contributed by atoms with van der Waals surface area (Å²) < 4.78 is 57.1. The standard InChI is InChI=1S/C23H16ClF4N3O3/c24-19-5-2-6-20(25)18(19)13-34-17-4-1-3-14(11-17)12-29-31-22(33)21(32)30-16-9-7-15(8-10-16)23(26,27)28/h1-12H,13H2,(H,30,32)(H,31,33)/b29-12+. The molecule has 0 radical (unpaired) electrons. The Kier molecular flexibility index (Phi) is 7.85. The predicted molar refractivity (Wildman–Crippen MR) is 118 cm³/mol. The van der Waals surface area contributed by atoms with Gasteiger partial charge in [-0.1, -0.05) is 29.8 Å². The second-order valence-electron chi connectivity index (χ2n) is 6.79. The van der Waals surface area contributed by atoms with Gasteiger partial charge in [0, 0.05) is 11.3 Å². The Morgan fingerprint density at radius 2 is 1.71 bits per heavy atom. The molecule has 0 saturated carbocycles. The highest BCUT2D eigenvalue weighted by Gasteiger charge is 2.30. The molecule has 2 N–H and O–H groups in total. The summed E-state index contributed by atoms with van der Waals surface area (Å²) in [6.45, 7) is -0.104. The average molecular weight is 494 g/mol. The maximum absolute atomic E-state index is 13.8. The molecule has 11 heteroatoms. The van der Waals surface area contributed by atoms with Crippen LogP contribution >= 0.6 is 11.6 Å². The van der Waals surface area contributed by atoms with Gasteiger partial charge in [0.1, 0.15) is 18.2 Å². The normalized spacial score (nSPS) is 11.3. The van der Waals surface area contributed by atoms with Gasteiger partial charge >= 0.3 is 18.0 Å². The van der Waals surface area contributed by atoms with Crippen molar-refractivity contribution < 1.29 is 31.9 Å². The number of halogens is 5. The number of benzene rings is 3. The summed E-state index contributed by atoms with van der Waals surface area (Å²) in [7, 11) is 0. The first kappa shape index (κ1) is 24.7. The minimum Gasteiger partial charge on any atom is -0.489 e. The van der Waals surface area contributed by atoms with Gasteiger partial charge in [-0.15, -0.1) is 0 Å². The molecule has 176 valence electrons. The summed E-state index contributed by atoms with van der Waals surface area (Å²) >= 11 is 5.97. The highest BCUT2D eigenvalue weighted by atomic mass is 35.5. The molecule has 3 rings (SSSR count). The zero-order valence-electron chi connectivity index (χ0n) is 17.2. The largest absolute Gasteiger partial charge is 0.489 e. The van der Waals surface area contributed by atoms with Crippen LogP contribution in [0.2, 0.25) is 5.02 Å². The molecule has 0 heterocycles. The Morgan fingerprint density at radius 1 is 1.00 bits per heavy atom. The van der Waals surface area contributed by atoms with Gasteiger partial charge in [-0.05, 0) is 54.1 Å². The van der Waals surface area contributed by atoms with E-state index < -0.39 is 29.4 Å². The quantitative estimate of drug-likeness (QED) is 0.215. The van der Waals surface area contributed by atoms with Crippen molar-refractivity contribution in [1.29, 1.82) is 0 Å². The van der Waals surface area contributed by atoms with Crippen molar-refractivity contribution in [2.45, 2.75) is 12.8 Å². The fraction of sp³-hybridized carbons (Fsp3) is 0.0870. The van der Waals surface area contributed by atoms with E-state index in [0.717, 1.165) is 24.3 Å². The summed E-state index contributed by atoms with van der Waals surface area (Å²) in [6, 6.07) is 14.4. The number of hydrogen-bond acceptors (Lipinski definition) is 4. The van der Waals surface area contributed by atoms with Gasteiger partial charge in [0.25, 0.3) is 0 Å². The van der Waals surface area contributed by atoms with E-state index in [1.165, 1.54) is 18.3 Å². The van der Waals surface area contributed by atoms with E-state index in [0.29, 0.717) is 11.3 Å². The topological polar surface area (TPSA) is 79.8 Å². The number of nitrogens with one attached hydrogen (secondary N) is 2. The van der Waals surface area contributed by atoms with Gasteiger partial charge in [0.2, 0.25) is 0 Å². The van der Waals surface area contributed by atoms with Crippen molar-refractivity contribution in [2.75, 3.05) is 5.32 Å². The van der Waals surface area contributed by atoms with Gasteiger partial charge in [0.15, 0.2) is 0 Å². The van der Waals surface area contributed by atoms with Crippen LogP contribution in [0, 0.1) is 5.82 Å². The summed E-state index contributed by atoms with van der Waals surface area (Å²) in [5, 5.41) is 6.06. The average Bonchev–Trinajstić information content (AvgIpc) is 2.79. The number of alkyl halides is 3. The molecule has 6 nitrogen and oxygen atoms in total. The smallest absolute Gasteiger partial charge is 0.416 e. The van der Waals surface area contributed by atoms with Crippen LogP contribution in [-0.2, 0) is 22.4 Å². The van der Waals surface area contributed by atoms with Crippen molar-refractivity contribution in [3.05, 3.63) is 94.3 Å². The molecule has 0 aromatic heterocycles. The number of hydrogen-bond donors (Lipinski definition) is 2. The van der Waals surface area contributed by atoms with Crippen LogP contribution in [0.25, 0.3) is 0 Å². The number of hydrazone groups is 1.